The molecule has 8 heteroatoms. The summed E-state index contributed by atoms with van der Waals surface area (Å²) < 4.78 is 13.3. The van der Waals surface area contributed by atoms with Crippen molar-refractivity contribution in [3.8, 4) is 39.7 Å². The van der Waals surface area contributed by atoms with E-state index in [4.69, 9.17) is 14.4 Å². The lowest BCUT2D eigenvalue weighted by Crippen LogP contribution is -2.09. The molecule has 6 aromatic heterocycles. The molecular weight excluding hydrogens is 853 g/mol. The molecule has 0 amide bonds. The van der Waals surface area contributed by atoms with Gasteiger partial charge in [-0.25, -0.2) is 14.8 Å². The van der Waals surface area contributed by atoms with Crippen molar-refractivity contribution in [3.05, 3.63) is 199 Å². The summed E-state index contributed by atoms with van der Waals surface area (Å²) in [5, 5.41) is 24.7. The normalized spacial score (nSPS) is 12.1. The monoisotopic (exact) mass is 882 g/mol. The van der Waals surface area contributed by atoms with Crippen LogP contribution in [0.5, 0.6) is 0 Å². The predicted octanol–water partition coefficient (Wildman–Crippen LogP) is 16.4. The van der Waals surface area contributed by atoms with Gasteiger partial charge in [-0.3, -0.25) is 4.57 Å². The van der Waals surface area contributed by atoms with Crippen molar-refractivity contribution in [3.63, 3.8) is 0 Å². The molecule has 312 valence electrons. The summed E-state index contributed by atoms with van der Waals surface area (Å²) >= 11 is 1.76. The number of pyridine rings is 2. The summed E-state index contributed by atoms with van der Waals surface area (Å²) in [5.74, 6) is 0. The lowest BCUT2D eigenvalue weighted by atomic mass is 9.88. The second-order valence-electron chi connectivity index (χ2n) is 17.3. The van der Waals surface area contributed by atoms with Crippen molar-refractivity contribution in [1.29, 1.82) is 5.26 Å². The van der Waals surface area contributed by atoms with E-state index in [2.05, 4.69) is 129 Å². The number of rotatable bonds is 4. The van der Waals surface area contributed by atoms with Crippen LogP contribution in [0.4, 0.5) is 5.69 Å². The van der Waals surface area contributed by atoms with Gasteiger partial charge >= 0.3 is 0 Å². The molecule has 7 nitrogen and oxygen atoms in total. The summed E-state index contributed by atoms with van der Waals surface area (Å²) in [4.78, 5) is 14.9. The fourth-order valence-corrected chi connectivity index (χ4v) is 12.6. The van der Waals surface area contributed by atoms with E-state index in [0.717, 1.165) is 103 Å². The largest absolute Gasteiger partial charge is 0.456 e. The van der Waals surface area contributed by atoms with Crippen LogP contribution in [0, 0.1) is 17.9 Å². The summed E-state index contributed by atoms with van der Waals surface area (Å²) in [7, 11) is 0. The zero-order chi connectivity index (χ0) is 44.8. The Morgan fingerprint density at radius 2 is 1.10 bits per heavy atom. The molecule has 0 bridgehead atoms. The van der Waals surface area contributed by atoms with Gasteiger partial charge in [0.1, 0.15) is 28.5 Å². The lowest BCUT2D eigenvalue weighted by molar-refractivity contribution is 0.669. The van der Waals surface area contributed by atoms with E-state index in [-0.39, 0.29) is 0 Å². The minimum Gasteiger partial charge on any atom is -0.456 e. The van der Waals surface area contributed by atoms with Crippen LogP contribution in [-0.2, 0) is 0 Å². The van der Waals surface area contributed by atoms with Gasteiger partial charge in [-0.1, -0.05) is 133 Å². The molecule has 0 saturated carbocycles. The van der Waals surface area contributed by atoms with E-state index in [1.165, 1.54) is 10.1 Å². The van der Waals surface area contributed by atoms with Gasteiger partial charge in [0.2, 0.25) is 5.69 Å². The highest BCUT2D eigenvalue weighted by Gasteiger charge is 2.34. The van der Waals surface area contributed by atoms with Crippen LogP contribution in [0.15, 0.2) is 187 Å². The molecular formula is C60H30N6OS. The summed E-state index contributed by atoms with van der Waals surface area (Å²) in [6.45, 7) is 9.30. The number of hydrogen-bond acceptors (Lipinski definition) is 5. The van der Waals surface area contributed by atoms with Crippen LogP contribution < -0.4 is 0 Å². The Labute approximate surface area is 390 Å². The van der Waals surface area contributed by atoms with Gasteiger partial charge in [-0.15, -0.1) is 11.3 Å². The van der Waals surface area contributed by atoms with Crippen LogP contribution in [0.3, 0.4) is 0 Å². The first kappa shape index (κ1) is 36.9. The lowest BCUT2D eigenvalue weighted by Gasteiger charge is -2.25. The Kier molecular flexibility index (Phi) is 7.39. The minimum absolute atomic E-state index is 0.335. The molecule has 0 unspecified atom stereocenters. The molecule has 0 aliphatic carbocycles. The molecule has 0 atom stereocenters. The molecule has 68 heavy (non-hydrogen) atoms. The number of nitrogens with zero attached hydrogens (tertiary/aromatic N) is 6. The van der Waals surface area contributed by atoms with Gasteiger partial charge in [0.25, 0.3) is 0 Å². The smallest absolute Gasteiger partial charge is 0.220 e. The molecule has 15 aromatic rings. The predicted molar refractivity (Wildman–Crippen MR) is 279 cm³/mol. The maximum atomic E-state index is 12.0. The van der Waals surface area contributed by atoms with Crippen molar-refractivity contribution in [1.82, 2.24) is 19.1 Å². The number of thiophene rings is 1. The average Bonchev–Trinajstić information content (AvgIpc) is 4.16. The molecule has 0 aliphatic rings. The maximum absolute atomic E-state index is 12.0. The fraction of sp³-hybridized carbons (Fsp3) is 0. The van der Waals surface area contributed by atoms with E-state index in [1.807, 2.05) is 73.1 Å². The first-order valence-electron chi connectivity index (χ1n) is 22.4. The second-order valence-corrected chi connectivity index (χ2v) is 18.4. The number of benzene rings is 9. The van der Waals surface area contributed by atoms with E-state index < -0.39 is 0 Å². The van der Waals surface area contributed by atoms with Crippen molar-refractivity contribution in [2.75, 3.05) is 0 Å². The van der Waals surface area contributed by atoms with Crippen molar-refractivity contribution >= 4 is 125 Å². The van der Waals surface area contributed by atoms with Crippen LogP contribution in [0.25, 0.3) is 146 Å². The van der Waals surface area contributed by atoms with Crippen molar-refractivity contribution in [2.24, 2.45) is 0 Å². The Hall–Kier alpha value is -9.34. The highest BCUT2D eigenvalue weighted by molar-refractivity contribution is 7.26. The SMILES string of the molecule is [C-]#[N+]c1c(-c2ccccc2)c(C#N)c(-n2c3ccc4oc5ccccc5c4c3c3ccc4c5ccccc5sc4c32)c(-c2ccccc2)c1-n1c2nccc3c4ccccc4c4ccnc1c4c32. The quantitative estimate of drug-likeness (QED) is 0.130. The van der Waals surface area contributed by atoms with E-state index in [1.54, 1.807) is 11.3 Å². The van der Waals surface area contributed by atoms with Crippen LogP contribution >= 0.6 is 11.3 Å². The molecule has 0 saturated heterocycles. The van der Waals surface area contributed by atoms with Gasteiger partial charge in [0, 0.05) is 71.3 Å². The van der Waals surface area contributed by atoms with E-state index in [9.17, 15) is 11.8 Å². The zero-order valence-corrected chi connectivity index (χ0v) is 36.6. The number of para-hydroxylation sites is 1. The average molecular weight is 883 g/mol. The number of furan rings is 1. The highest BCUT2D eigenvalue weighted by Crippen LogP contribution is 2.55. The number of aromatic nitrogens is 4. The van der Waals surface area contributed by atoms with Gasteiger partial charge in [0.15, 0.2) is 0 Å². The molecule has 0 spiro atoms. The zero-order valence-electron chi connectivity index (χ0n) is 35.8. The van der Waals surface area contributed by atoms with Crippen LogP contribution in [0.1, 0.15) is 5.56 Å². The minimum atomic E-state index is 0.335. The van der Waals surface area contributed by atoms with Gasteiger partial charge in [-0.05, 0) is 69.1 Å². The number of nitriles is 1. The summed E-state index contributed by atoms with van der Waals surface area (Å²) in [6.07, 6.45) is 3.73. The molecule has 0 aliphatic heterocycles. The summed E-state index contributed by atoms with van der Waals surface area (Å²) in [6, 6.07) is 61.0. The molecule has 0 N–H and O–H groups in total. The first-order valence-corrected chi connectivity index (χ1v) is 23.2. The number of hydrogen-bond donors (Lipinski definition) is 0. The van der Waals surface area contributed by atoms with Crippen molar-refractivity contribution in [2.45, 2.75) is 0 Å². The van der Waals surface area contributed by atoms with Crippen molar-refractivity contribution < 1.29 is 4.42 Å². The third-order valence-electron chi connectivity index (χ3n) is 14.0. The Morgan fingerprint density at radius 3 is 1.78 bits per heavy atom. The van der Waals surface area contributed by atoms with Gasteiger partial charge < -0.3 is 8.98 Å². The topological polar surface area (TPSA) is 76.9 Å². The molecule has 0 radical (unpaired) electrons. The third-order valence-corrected chi connectivity index (χ3v) is 15.2. The third kappa shape index (κ3) is 4.68. The van der Waals surface area contributed by atoms with Crippen LogP contribution in [0.2, 0.25) is 0 Å². The van der Waals surface area contributed by atoms with E-state index >= 15 is 0 Å². The standard InChI is InChI=1S/C60H30N6OS/c1-62-54-48(33-14-4-2-5-15-33)43(32-61)55(49(34-16-6-3-7-17-34)57(54)66-59-52-38(28-30-63-59)35-18-8-9-19-36(35)39-29-31-64-60(66)53(39)52)65-44-26-27-46-51(41-21-10-12-22-45(41)67-46)50(44)42-25-24-40-37-20-11-13-23-47(37)68-58(40)56(42)65/h2-31H. The highest BCUT2D eigenvalue weighted by atomic mass is 32.1. The number of fused-ring (bicyclic) bond motifs is 14. The molecule has 0 fully saturated rings. The Bertz CT molecular complexity index is 4670. The van der Waals surface area contributed by atoms with E-state index in [0.29, 0.717) is 39.5 Å². The van der Waals surface area contributed by atoms with Gasteiger partial charge in [0.05, 0.1) is 39.2 Å². The van der Waals surface area contributed by atoms with Gasteiger partial charge in [-0.2, -0.15) is 5.26 Å². The Balaban J connectivity index is 1.25. The maximum Gasteiger partial charge on any atom is 0.220 e. The first-order chi connectivity index (χ1) is 33.7. The molecule has 15 rings (SSSR count). The van der Waals surface area contributed by atoms with Crippen LogP contribution in [-0.4, -0.2) is 19.1 Å². The molecule has 6 heterocycles. The second kappa shape index (κ2) is 13.6. The fourth-order valence-electron chi connectivity index (χ4n) is 11.4. The summed E-state index contributed by atoms with van der Waals surface area (Å²) in [5.41, 5.74) is 9.70. The Morgan fingerprint density at radius 1 is 0.500 bits per heavy atom. The molecule has 9 aromatic carbocycles.